The van der Waals surface area contributed by atoms with Crippen molar-refractivity contribution in [2.45, 2.75) is 20.3 Å². The monoisotopic (exact) mass is 358 g/mol. The molecule has 0 bridgehead atoms. The van der Waals surface area contributed by atoms with E-state index in [4.69, 9.17) is 0 Å². The molecule has 3 amide bonds. The Morgan fingerprint density at radius 2 is 1.72 bits per heavy atom. The van der Waals surface area contributed by atoms with Gasteiger partial charge in [0.2, 0.25) is 5.91 Å². The van der Waals surface area contributed by atoms with Crippen LogP contribution in [0.2, 0.25) is 0 Å². The lowest BCUT2D eigenvalue weighted by atomic mass is 10.2. The molecule has 0 radical (unpaired) electrons. The molecular formula is C18H22N4O2S. The zero-order valence-electron chi connectivity index (χ0n) is 14.5. The van der Waals surface area contributed by atoms with Crippen LogP contribution in [0.1, 0.15) is 15.6 Å². The number of para-hydroxylation sites is 1. The number of rotatable bonds is 3. The van der Waals surface area contributed by atoms with Crippen LogP contribution < -0.4 is 5.32 Å². The van der Waals surface area contributed by atoms with Crippen LogP contribution in [-0.2, 0) is 11.2 Å². The van der Waals surface area contributed by atoms with Gasteiger partial charge in [-0.15, -0.1) is 11.3 Å². The molecule has 0 spiro atoms. The average Bonchev–Trinajstić information content (AvgIpc) is 2.93. The highest BCUT2D eigenvalue weighted by molar-refractivity contribution is 7.11. The van der Waals surface area contributed by atoms with Crippen molar-refractivity contribution < 1.29 is 9.59 Å². The molecule has 1 aliphatic rings. The summed E-state index contributed by atoms with van der Waals surface area (Å²) >= 11 is 1.58. The zero-order valence-corrected chi connectivity index (χ0v) is 15.3. The molecule has 0 saturated carbocycles. The van der Waals surface area contributed by atoms with Gasteiger partial charge in [0.05, 0.1) is 17.1 Å². The van der Waals surface area contributed by atoms with Crippen molar-refractivity contribution in [2.75, 3.05) is 31.5 Å². The number of urea groups is 1. The van der Waals surface area contributed by atoms with Crippen LogP contribution in [0.5, 0.6) is 0 Å². The van der Waals surface area contributed by atoms with Gasteiger partial charge in [0.25, 0.3) is 0 Å². The predicted molar refractivity (Wildman–Crippen MR) is 98.9 cm³/mol. The largest absolute Gasteiger partial charge is 0.339 e. The van der Waals surface area contributed by atoms with E-state index in [2.05, 4.69) is 10.3 Å². The van der Waals surface area contributed by atoms with Crippen molar-refractivity contribution in [1.29, 1.82) is 0 Å². The van der Waals surface area contributed by atoms with E-state index < -0.39 is 0 Å². The second kappa shape index (κ2) is 7.65. The topological polar surface area (TPSA) is 65.5 Å². The lowest BCUT2D eigenvalue weighted by Crippen LogP contribution is -2.52. The molecule has 132 valence electrons. The van der Waals surface area contributed by atoms with Crippen molar-refractivity contribution in [2.24, 2.45) is 0 Å². The van der Waals surface area contributed by atoms with Crippen LogP contribution >= 0.6 is 11.3 Å². The normalized spacial score (nSPS) is 14.5. The first-order chi connectivity index (χ1) is 12.0. The van der Waals surface area contributed by atoms with Gasteiger partial charge < -0.3 is 15.1 Å². The van der Waals surface area contributed by atoms with Crippen LogP contribution in [0.15, 0.2) is 30.3 Å². The molecule has 1 fully saturated rings. The number of aryl methyl sites for hydroxylation is 2. The molecule has 1 aromatic heterocycles. The van der Waals surface area contributed by atoms with Crippen LogP contribution in [0, 0.1) is 13.8 Å². The smallest absolute Gasteiger partial charge is 0.321 e. The van der Waals surface area contributed by atoms with Gasteiger partial charge in [0.15, 0.2) is 0 Å². The van der Waals surface area contributed by atoms with E-state index in [1.165, 1.54) is 0 Å². The molecule has 1 saturated heterocycles. The lowest BCUT2D eigenvalue weighted by molar-refractivity contribution is -0.131. The van der Waals surface area contributed by atoms with Crippen molar-refractivity contribution in [3.05, 3.63) is 45.9 Å². The number of benzene rings is 1. The number of carbonyl (C=O) groups is 2. The molecule has 1 aromatic carbocycles. The third-order valence-electron chi connectivity index (χ3n) is 4.26. The third-order valence-corrected chi connectivity index (χ3v) is 5.33. The number of piperazine rings is 1. The number of aromatic nitrogens is 1. The fraction of sp³-hybridized carbons (Fsp3) is 0.389. The molecule has 7 heteroatoms. The molecule has 0 aliphatic carbocycles. The minimum atomic E-state index is -0.118. The fourth-order valence-electron chi connectivity index (χ4n) is 2.87. The second-order valence-electron chi connectivity index (χ2n) is 6.08. The maximum Gasteiger partial charge on any atom is 0.321 e. The minimum absolute atomic E-state index is 0.106. The van der Waals surface area contributed by atoms with E-state index in [0.717, 1.165) is 21.3 Å². The fourth-order valence-corrected chi connectivity index (χ4v) is 3.80. The highest BCUT2D eigenvalue weighted by Gasteiger charge is 2.25. The quantitative estimate of drug-likeness (QED) is 0.917. The Morgan fingerprint density at radius 1 is 1.08 bits per heavy atom. The van der Waals surface area contributed by atoms with E-state index in [0.29, 0.717) is 32.6 Å². The number of amides is 3. The number of thiazole rings is 1. The first-order valence-corrected chi connectivity index (χ1v) is 9.16. The Bertz CT molecular complexity index is 752. The van der Waals surface area contributed by atoms with Gasteiger partial charge in [0, 0.05) is 36.7 Å². The highest BCUT2D eigenvalue weighted by Crippen LogP contribution is 2.19. The van der Waals surface area contributed by atoms with Gasteiger partial charge in [-0.25, -0.2) is 9.78 Å². The van der Waals surface area contributed by atoms with Crippen molar-refractivity contribution in [3.63, 3.8) is 0 Å². The molecule has 1 N–H and O–H groups in total. The Labute approximate surface area is 151 Å². The summed E-state index contributed by atoms with van der Waals surface area (Å²) < 4.78 is 0. The van der Waals surface area contributed by atoms with Gasteiger partial charge in [-0.2, -0.15) is 0 Å². The Kier molecular flexibility index (Phi) is 5.33. The van der Waals surface area contributed by atoms with Gasteiger partial charge in [-0.05, 0) is 26.0 Å². The molecule has 2 heterocycles. The summed E-state index contributed by atoms with van der Waals surface area (Å²) in [5, 5.41) is 3.87. The third kappa shape index (κ3) is 4.36. The molecule has 0 atom stereocenters. The lowest BCUT2D eigenvalue weighted by Gasteiger charge is -2.34. The van der Waals surface area contributed by atoms with Crippen LogP contribution in [-0.4, -0.2) is 52.9 Å². The number of nitrogens with one attached hydrogen (secondary N) is 1. The molecule has 1 aliphatic heterocycles. The predicted octanol–water partition coefficient (Wildman–Crippen LogP) is 2.68. The summed E-state index contributed by atoms with van der Waals surface area (Å²) in [6.45, 7) is 6.12. The summed E-state index contributed by atoms with van der Waals surface area (Å²) in [4.78, 5) is 33.8. The first kappa shape index (κ1) is 17.4. The van der Waals surface area contributed by atoms with Crippen LogP contribution in [0.25, 0.3) is 0 Å². The number of hydrogen-bond acceptors (Lipinski definition) is 4. The average molecular weight is 358 g/mol. The summed E-state index contributed by atoms with van der Waals surface area (Å²) in [6.07, 6.45) is 0.396. The Hall–Kier alpha value is -2.41. The minimum Gasteiger partial charge on any atom is -0.339 e. The second-order valence-corrected chi connectivity index (χ2v) is 7.37. The summed E-state index contributed by atoms with van der Waals surface area (Å²) in [7, 11) is 0. The summed E-state index contributed by atoms with van der Waals surface area (Å²) in [5.74, 6) is 0.106. The summed E-state index contributed by atoms with van der Waals surface area (Å²) in [6, 6.07) is 9.28. The number of hydrogen-bond donors (Lipinski definition) is 1. The molecule has 3 rings (SSSR count). The van der Waals surface area contributed by atoms with Crippen LogP contribution in [0.4, 0.5) is 10.5 Å². The number of nitrogens with zero attached hydrogens (tertiary/aromatic N) is 3. The Balaban J connectivity index is 1.50. The van der Waals surface area contributed by atoms with Crippen molar-refractivity contribution >= 4 is 29.0 Å². The molecule has 6 nitrogen and oxygen atoms in total. The maximum absolute atomic E-state index is 12.5. The molecule has 25 heavy (non-hydrogen) atoms. The van der Waals surface area contributed by atoms with Gasteiger partial charge in [0.1, 0.15) is 0 Å². The van der Waals surface area contributed by atoms with Gasteiger partial charge in [-0.3, -0.25) is 4.79 Å². The zero-order chi connectivity index (χ0) is 17.8. The maximum atomic E-state index is 12.5. The Morgan fingerprint density at radius 3 is 2.32 bits per heavy atom. The van der Waals surface area contributed by atoms with Gasteiger partial charge in [-0.1, -0.05) is 18.2 Å². The van der Waals surface area contributed by atoms with Crippen molar-refractivity contribution in [3.8, 4) is 0 Å². The molecule has 0 unspecified atom stereocenters. The molecular weight excluding hydrogens is 336 g/mol. The van der Waals surface area contributed by atoms with E-state index in [1.807, 2.05) is 49.1 Å². The SMILES string of the molecule is Cc1nc(C)c(CC(=O)N2CCN(C(=O)Nc3ccccc3)CC2)s1. The van der Waals surface area contributed by atoms with E-state index >= 15 is 0 Å². The van der Waals surface area contributed by atoms with E-state index in [1.54, 1.807) is 16.2 Å². The molecule has 2 aromatic rings. The van der Waals surface area contributed by atoms with E-state index in [-0.39, 0.29) is 11.9 Å². The highest BCUT2D eigenvalue weighted by atomic mass is 32.1. The van der Waals surface area contributed by atoms with Crippen LogP contribution in [0.3, 0.4) is 0 Å². The number of anilines is 1. The van der Waals surface area contributed by atoms with Crippen molar-refractivity contribution in [1.82, 2.24) is 14.8 Å². The summed E-state index contributed by atoms with van der Waals surface area (Å²) in [5.41, 5.74) is 1.72. The first-order valence-electron chi connectivity index (χ1n) is 8.34. The standard InChI is InChI=1S/C18H22N4O2S/c1-13-16(25-14(2)19-13)12-17(23)21-8-10-22(11-9-21)18(24)20-15-6-4-3-5-7-15/h3-7H,8-12H2,1-2H3,(H,20,24). The number of carbonyl (C=O) groups excluding carboxylic acids is 2. The van der Waals surface area contributed by atoms with Gasteiger partial charge >= 0.3 is 6.03 Å². The van der Waals surface area contributed by atoms with E-state index in [9.17, 15) is 9.59 Å².